The lowest BCUT2D eigenvalue weighted by Gasteiger charge is -2.19. The van der Waals surface area contributed by atoms with Gasteiger partial charge in [-0.05, 0) is 25.3 Å². The van der Waals surface area contributed by atoms with Crippen LogP contribution in [0.25, 0.3) is 10.9 Å². The second-order valence-electron chi connectivity index (χ2n) is 5.23. The van der Waals surface area contributed by atoms with E-state index in [1.165, 1.54) is 6.07 Å². The summed E-state index contributed by atoms with van der Waals surface area (Å²) in [6.45, 7) is -1.51. The quantitative estimate of drug-likeness (QED) is 0.804. The van der Waals surface area contributed by atoms with Crippen LogP contribution in [0.15, 0.2) is 16.9 Å². The maximum absolute atomic E-state index is 14.0. The number of hydrogen-bond donors (Lipinski definition) is 0. The summed E-state index contributed by atoms with van der Waals surface area (Å²) in [5, 5.41) is -0.154. The van der Waals surface area contributed by atoms with E-state index >= 15 is 0 Å². The van der Waals surface area contributed by atoms with Crippen molar-refractivity contribution in [1.29, 1.82) is 0 Å². The Hall–Kier alpha value is -2.05. The van der Waals surface area contributed by atoms with Crippen LogP contribution >= 0.6 is 0 Å². The van der Waals surface area contributed by atoms with Crippen LogP contribution in [0, 0.1) is 11.6 Å². The second-order valence-corrected chi connectivity index (χ2v) is 5.23. The molecule has 0 bridgehead atoms. The Balaban J connectivity index is 2.45. The Kier molecular flexibility index (Phi) is 3.58. The molecule has 0 radical (unpaired) electrons. The third kappa shape index (κ3) is 2.34. The highest BCUT2D eigenvalue weighted by Gasteiger charge is 2.30. The van der Waals surface area contributed by atoms with Crippen LogP contribution in [-0.2, 0) is 6.42 Å². The molecule has 0 unspecified atom stereocenters. The number of alkyl halides is 2. The van der Waals surface area contributed by atoms with E-state index in [0.717, 1.165) is 18.9 Å². The molecule has 0 atom stereocenters. The standard InChI is InChI=1S/C15H13F4NO2/c1-2-7-5-11(21)9-6-10(16)12(17)14(22-15(18)19)13(9)20(7)8-3-4-8/h5-6,8,15H,2-4H2,1H3. The summed E-state index contributed by atoms with van der Waals surface area (Å²) in [6.07, 6.45) is 2.05. The topological polar surface area (TPSA) is 31.2 Å². The molecule has 0 amide bonds. The molecule has 1 aliphatic rings. The van der Waals surface area contributed by atoms with Crippen LogP contribution < -0.4 is 10.2 Å². The molecule has 0 N–H and O–H groups in total. The Morgan fingerprint density at radius 1 is 1.32 bits per heavy atom. The fraction of sp³-hybridized carbons (Fsp3) is 0.400. The molecule has 1 aliphatic carbocycles. The van der Waals surface area contributed by atoms with E-state index in [1.807, 2.05) is 0 Å². The molecule has 22 heavy (non-hydrogen) atoms. The van der Waals surface area contributed by atoms with Gasteiger partial charge in [0.2, 0.25) is 5.82 Å². The van der Waals surface area contributed by atoms with Crippen molar-refractivity contribution < 1.29 is 22.3 Å². The average Bonchev–Trinajstić information content (AvgIpc) is 3.28. The van der Waals surface area contributed by atoms with Gasteiger partial charge < -0.3 is 9.30 Å². The van der Waals surface area contributed by atoms with E-state index in [4.69, 9.17) is 0 Å². The fourth-order valence-corrected chi connectivity index (χ4v) is 2.68. The van der Waals surface area contributed by atoms with Gasteiger partial charge in [-0.2, -0.15) is 13.2 Å². The number of aromatic nitrogens is 1. The molecule has 1 heterocycles. The lowest BCUT2D eigenvalue weighted by Crippen LogP contribution is -2.16. The molecule has 3 nitrogen and oxygen atoms in total. The van der Waals surface area contributed by atoms with Gasteiger partial charge in [0, 0.05) is 17.8 Å². The Morgan fingerprint density at radius 2 is 2.00 bits per heavy atom. The van der Waals surface area contributed by atoms with Gasteiger partial charge in [-0.15, -0.1) is 0 Å². The molecular formula is C15H13F4NO2. The van der Waals surface area contributed by atoms with E-state index < -0.39 is 29.4 Å². The zero-order valence-electron chi connectivity index (χ0n) is 11.7. The minimum atomic E-state index is -3.31. The Labute approximate surface area is 123 Å². The number of pyridine rings is 1. The second kappa shape index (κ2) is 5.30. The number of halogens is 4. The maximum atomic E-state index is 14.0. The number of hydrogen-bond acceptors (Lipinski definition) is 2. The summed E-state index contributed by atoms with van der Waals surface area (Å²) in [4.78, 5) is 12.1. The van der Waals surface area contributed by atoms with Crippen molar-refractivity contribution in [2.24, 2.45) is 0 Å². The van der Waals surface area contributed by atoms with Gasteiger partial charge in [0.15, 0.2) is 17.0 Å². The molecule has 1 aromatic carbocycles. The molecule has 0 aliphatic heterocycles. The summed E-state index contributed by atoms with van der Waals surface area (Å²) in [5.74, 6) is -3.79. The van der Waals surface area contributed by atoms with Gasteiger partial charge in [0.25, 0.3) is 0 Å². The number of rotatable bonds is 4. The van der Waals surface area contributed by atoms with Crippen LogP contribution in [0.2, 0.25) is 0 Å². The smallest absolute Gasteiger partial charge is 0.387 e. The van der Waals surface area contributed by atoms with Crippen molar-refractivity contribution in [1.82, 2.24) is 4.57 Å². The van der Waals surface area contributed by atoms with Crippen molar-refractivity contribution in [3.63, 3.8) is 0 Å². The summed E-state index contributed by atoms with van der Waals surface area (Å²) < 4.78 is 58.6. The predicted octanol–water partition coefficient (Wildman–Crippen LogP) is 3.78. The minimum Gasteiger partial charge on any atom is -0.429 e. The average molecular weight is 315 g/mol. The van der Waals surface area contributed by atoms with E-state index in [0.29, 0.717) is 12.1 Å². The zero-order chi connectivity index (χ0) is 16.0. The molecule has 0 spiro atoms. The summed E-state index contributed by atoms with van der Waals surface area (Å²) in [6, 6.07) is 2.07. The number of ether oxygens (including phenoxy) is 1. The third-order valence-electron chi connectivity index (χ3n) is 3.74. The van der Waals surface area contributed by atoms with Gasteiger partial charge in [-0.3, -0.25) is 4.79 Å². The highest BCUT2D eigenvalue weighted by atomic mass is 19.3. The van der Waals surface area contributed by atoms with Crippen LogP contribution in [0.4, 0.5) is 17.6 Å². The molecule has 7 heteroatoms. The van der Waals surface area contributed by atoms with Crippen molar-refractivity contribution in [3.8, 4) is 5.75 Å². The fourth-order valence-electron chi connectivity index (χ4n) is 2.68. The lowest BCUT2D eigenvalue weighted by atomic mass is 10.1. The van der Waals surface area contributed by atoms with Crippen LogP contribution in [-0.4, -0.2) is 11.2 Å². The number of nitrogens with zero attached hydrogens (tertiary/aromatic N) is 1. The highest BCUT2D eigenvalue weighted by Crippen LogP contribution is 2.41. The third-order valence-corrected chi connectivity index (χ3v) is 3.74. The van der Waals surface area contributed by atoms with E-state index in [1.54, 1.807) is 11.5 Å². The summed E-state index contributed by atoms with van der Waals surface area (Å²) in [5.41, 5.74) is -0.0436. The largest absolute Gasteiger partial charge is 0.429 e. The first kappa shape index (κ1) is 14.9. The molecule has 2 aromatic rings. The van der Waals surface area contributed by atoms with E-state index in [2.05, 4.69) is 4.74 Å². The monoisotopic (exact) mass is 315 g/mol. The molecule has 1 fully saturated rings. The first-order valence-electron chi connectivity index (χ1n) is 6.95. The van der Waals surface area contributed by atoms with Crippen LogP contribution in [0.3, 0.4) is 0 Å². The first-order valence-corrected chi connectivity index (χ1v) is 6.95. The molecular weight excluding hydrogens is 302 g/mol. The van der Waals surface area contributed by atoms with Crippen molar-refractivity contribution in [2.75, 3.05) is 0 Å². The minimum absolute atomic E-state index is 0.0112. The highest BCUT2D eigenvalue weighted by molar-refractivity contribution is 5.86. The van der Waals surface area contributed by atoms with Crippen LogP contribution in [0.1, 0.15) is 31.5 Å². The number of fused-ring (bicyclic) bond motifs is 1. The number of aryl methyl sites for hydroxylation is 1. The normalized spacial score (nSPS) is 14.8. The SMILES string of the molecule is CCc1cc(=O)c2cc(F)c(F)c(OC(F)F)c2n1C1CC1. The predicted molar refractivity (Wildman–Crippen MR) is 72.4 cm³/mol. The molecule has 0 saturated heterocycles. The molecule has 3 rings (SSSR count). The first-order chi connectivity index (χ1) is 10.4. The summed E-state index contributed by atoms with van der Waals surface area (Å²) in [7, 11) is 0. The maximum Gasteiger partial charge on any atom is 0.387 e. The van der Waals surface area contributed by atoms with Gasteiger partial charge in [0.1, 0.15) is 0 Å². The van der Waals surface area contributed by atoms with E-state index in [-0.39, 0.29) is 16.9 Å². The van der Waals surface area contributed by atoms with Gasteiger partial charge >= 0.3 is 6.61 Å². The Morgan fingerprint density at radius 3 is 2.55 bits per heavy atom. The molecule has 1 aromatic heterocycles. The van der Waals surface area contributed by atoms with Gasteiger partial charge in [0.05, 0.1) is 10.9 Å². The lowest BCUT2D eigenvalue weighted by molar-refractivity contribution is -0.0516. The zero-order valence-corrected chi connectivity index (χ0v) is 11.7. The van der Waals surface area contributed by atoms with E-state index in [9.17, 15) is 22.4 Å². The van der Waals surface area contributed by atoms with Crippen LogP contribution in [0.5, 0.6) is 5.75 Å². The van der Waals surface area contributed by atoms with Crippen molar-refractivity contribution in [2.45, 2.75) is 38.8 Å². The Bertz CT molecular complexity index is 796. The molecule has 118 valence electrons. The van der Waals surface area contributed by atoms with Crippen molar-refractivity contribution in [3.05, 3.63) is 39.7 Å². The van der Waals surface area contributed by atoms with Crippen molar-refractivity contribution >= 4 is 10.9 Å². The molecule has 1 saturated carbocycles. The summed E-state index contributed by atoms with van der Waals surface area (Å²) >= 11 is 0. The van der Waals surface area contributed by atoms with Gasteiger partial charge in [-0.1, -0.05) is 6.92 Å². The number of benzene rings is 1. The van der Waals surface area contributed by atoms with Gasteiger partial charge in [-0.25, -0.2) is 4.39 Å².